The maximum atomic E-state index is 11.7. The molecule has 0 aliphatic carbocycles. The van der Waals surface area contributed by atoms with E-state index >= 15 is 0 Å². The van der Waals surface area contributed by atoms with Crippen LogP contribution in [0, 0.1) is 0 Å². The number of fused-ring (bicyclic) bond motifs is 1. The lowest BCUT2D eigenvalue weighted by atomic mass is 9.89. The van der Waals surface area contributed by atoms with Gasteiger partial charge in [-0.15, -0.1) is 0 Å². The molecule has 1 aromatic rings. The number of halogens is 1. The first kappa shape index (κ1) is 13.3. The van der Waals surface area contributed by atoms with Crippen molar-refractivity contribution in [3.05, 3.63) is 28.8 Å². The summed E-state index contributed by atoms with van der Waals surface area (Å²) in [6, 6.07) is 5.19. The molecule has 0 fully saturated rings. The summed E-state index contributed by atoms with van der Waals surface area (Å²) in [7, 11) is 0. The third-order valence-corrected chi connectivity index (χ3v) is 3.68. The van der Waals surface area contributed by atoms with Gasteiger partial charge in [0.25, 0.3) is 0 Å². The Morgan fingerprint density at radius 2 is 2.33 bits per heavy atom. The molecular formula is C13H17ClN2O2. The highest BCUT2D eigenvalue weighted by molar-refractivity contribution is 6.30. The Labute approximate surface area is 111 Å². The Balaban J connectivity index is 2.60. The molecule has 3 N–H and O–H groups in total. The molecule has 1 atom stereocenters. The third-order valence-electron chi connectivity index (χ3n) is 3.44. The van der Waals surface area contributed by atoms with E-state index in [1.165, 1.54) is 6.92 Å². The lowest BCUT2D eigenvalue weighted by molar-refractivity contribution is -0.116. The maximum absolute atomic E-state index is 11.7. The van der Waals surface area contributed by atoms with Gasteiger partial charge in [0, 0.05) is 36.3 Å². The predicted octanol–water partition coefficient (Wildman–Crippen LogP) is 1.63. The second kappa shape index (κ2) is 4.88. The molecule has 1 unspecified atom stereocenters. The quantitative estimate of drug-likeness (QED) is 0.814. The highest BCUT2D eigenvalue weighted by Crippen LogP contribution is 2.38. The molecule has 2 rings (SSSR count). The minimum Gasteiger partial charge on any atom is -0.384 e. The van der Waals surface area contributed by atoms with Crippen molar-refractivity contribution in [2.45, 2.75) is 25.4 Å². The molecule has 0 aromatic heterocycles. The third kappa shape index (κ3) is 2.23. The zero-order valence-corrected chi connectivity index (χ0v) is 11.1. The van der Waals surface area contributed by atoms with Crippen molar-refractivity contribution in [1.82, 2.24) is 0 Å². The van der Waals surface area contributed by atoms with E-state index in [1.54, 1.807) is 23.1 Å². The summed E-state index contributed by atoms with van der Waals surface area (Å²) in [5.41, 5.74) is 5.94. The molecule has 0 saturated carbocycles. The number of hydrogen-bond donors (Lipinski definition) is 2. The van der Waals surface area contributed by atoms with E-state index < -0.39 is 5.60 Å². The summed E-state index contributed by atoms with van der Waals surface area (Å²) in [5.74, 6) is -0.0418. The SMILES string of the molecule is CC(=O)N1CCCC(O)(CN)c2cc(Cl)ccc21. The zero-order valence-electron chi connectivity index (χ0n) is 10.3. The van der Waals surface area contributed by atoms with Crippen LogP contribution >= 0.6 is 11.6 Å². The van der Waals surface area contributed by atoms with E-state index in [0.717, 1.165) is 0 Å². The average molecular weight is 269 g/mol. The Hall–Kier alpha value is -1.10. The molecule has 18 heavy (non-hydrogen) atoms. The minimum atomic E-state index is -1.11. The van der Waals surface area contributed by atoms with Gasteiger partial charge < -0.3 is 15.7 Å². The Kier molecular flexibility index (Phi) is 3.61. The van der Waals surface area contributed by atoms with Crippen LogP contribution in [0.3, 0.4) is 0 Å². The van der Waals surface area contributed by atoms with Gasteiger partial charge in [0.15, 0.2) is 0 Å². The number of rotatable bonds is 1. The van der Waals surface area contributed by atoms with E-state index in [2.05, 4.69) is 0 Å². The van der Waals surface area contributed by atoms with Crippen molar-refractivity contribution in [3.63, 3.8) is 0 Å². The molecular weight excluding hydrogens is 252 g/mol. The van der Waals surface area contributed by atoms with Crippen LogP contribution in [-0.4, -0.2) is 24.1 Å². The summed E-state index contributed by atoms with van der Waals surface area (Å²) < 4.78 is 0. The van der Waals surface area contributed by atoms with Crippen LogP contribution < -0.4 is 10.6 Å². The number of nitrogens with two attached hydrogens (primary N) is 1. The molecule has 1 aromatic carbocycles. The van der Waals surface area contributed by atoms with Gasteiger partial charge in [-0.1, -0.05) is 11.6 Å². The highest BCUT2D eigenvalue weighted by Gasteiger charge is 2.35. The van der Waals surface area contributed by atoms with Gasteiger partial charge in [-0.25, -0.2) is 0 Å². The fourth-order valence-corrected chi connectivity index (χ4v) is 2.61. The zero-order chi connectivity index (χ0) is 13.3. The van der Waals surface area contributed by atoms with E-state index in [-0.39, 0.29) is 12.5 Å². The van der Waals surface area contributed by atoms with Crippen LogP contribution in [0.5, 0.6) is 0 Å². The molecule has 98 valence electrons. The van der Waals surface area contributed by atoms with Gasteiger partial charge in [-0.2, -0.15) is 0 Å². The summed E-state index contributed by atoms with van der Waals surface area (Å²) in [6.07, 6.45) is 1.24. The lowest BCUT2D eigenvalue weighted by Crippen LogP contribution is -2.35. The molecule has 1 amide bonds. The number of amides is 1. The lowest BCUT2D eigenvalue weighted by Gasteiger charge is -2.28. The topological polar surface area (TPSA) is 66.6 Å². The Bertz CT molecular complexity index is 478. The van der Waals surface area contributed by atoms with E-state index in [0.29, 0.717) is 35.7 Å². The molecule has 0 spiro atoms. The van der Waals surface area contributed by atoms with Crippen LogP contribution in [0.15, 0.2) is 18.2 Å². The monoisotopic (exact) mass is 268 g/mol. The average Bonchev–Trinajstić information content (AvgIpc) is 2.48. The number of carbonyl (C=O) groups is 1. The summed E-state index contributed by atoms with van der Waals surface area (Å²) in [6.45, 7) is 2.23. The summed E-state index contributed by atoms with van der Waals surface area (Å²) in [4.78, 5) is 13.3. The van der Waals surface area contributed by atoms with Gasteiger partial charge in [0.2, 0.25) is 5.91 Å². The largest absolute Gasteiger partial charge is 0.384 e. The Morgan fingerprint density at radius 3 is 2.94 bits per heavy atom. The molecule has 4 nitrogen and oxygen atoms in total. The first-order chi connectivity index (χ1) is 8.48. The van der Waals surface area contributed by atoms with Crippen LogP contribution in [0.4, 0.5) is 5.69 Å². The second-order valence-electron chi connectivity index (χ2n) is 4.67. The Morgan fingerprint density at radius 1 is 1.61 bits per heavy atom. The van der Waals surface area contributed by atoms with Crippen molar-refractivity contribution < 1.29 is 9.90 Å². The fourth-order valence-electron chi connectivity index (χ4n) is 2.44. The van der Waals surface area contributed by atoms with Gasteiger partial charge in [0.1, 0.15) is 5.60 Å². The number of anilines is 1. The minimum absolute atomic E-state index is 0.0418. The van der Waals surface area contributed by atoms with Crippen LogP contribution in [-0.2, 0) is 10.4 Å². The number of benzene rings is 1. The van der Waals surface area contributed by atoms with Gasteiger partial charge in [-0.05, 0) is 31.0 Å². The van der Waals surface area contributed by atoms with Crippen molar-refractivity contribution in [2.75, 3.05) is 18.0 Å². The van der Waals surface area contributed by atoms with Crippen LogP contribution in [0.1, 0.15) is 25.3 Å². The van der Waals surface area contributed by atoms with Crippen LogP contribution in [0.2, 0.25) is 5.02 Å². The molecule has 1 aliphatic heterocycles. The standard InChI is InChI=1S/C13H17ClN2O2/c1-9(17)16-6-2-5-13(18,8-15)11-7-10(14)3-4-12(11)16/h3-4,7,18H,2,5-6,8,15H2,1H3. The number of hydrogen-bond acceptors (Lipinski definition) is 3. The molecule has 5 heteroatoms. The summed E-state index contributed by atoms with van der Waals surface area (Å²) in [5, 5.41) is 11.1. The molecule has 0 saturated heterocycles. The van der Waals surface area contributed by atoms with Crippen molar-refractivity contribution >= 4 is 23.2 Å². The number of nitrogens with zero attached hydrogens (tertiary/aromatic N) is 1. The van der Waals surface area contributed by atoms with Crippen LogP contribution in [0.25, 0.3) is 0 Å². The van der Waals surface area contributed by atoms with E-state index in [1.807, 2.05) is 0 Å². The number of aliphatic hydroxyl groups is 1. The molecule has 1 aliphatic rings. The van der Waals surface area contributed by atoms with Crippen molar-refractivity contribution in [1.29, 1.82) is 0 Å². The van der Waals surface area contributed by atoms with E-state index in [4.69, 9.17) is 17.3 Å². The second-order valence-corrected chi connectivity index (χ2v) is 5.11. The first-order valence-electron chi connectivity index (χ1n) is 5.98. The molecule has 0 radical (unpaired) electrons. The fraction of sp³-hybridized carbons (Fsp3) is 0.462. The normalized spacial score (nSPS) is 23.4. The van der Waals surface area contributed by atoms with Gasteiger partial charge in [-0.3, -0.25) is 4.79 Å². The van der Waals surface area contributed by atoms with E-state index in [9.17, 15) is 9.90 Å². The van der Waals surface area contributed by atoms with Crippen molar-refractivity contribution in [2.24, 2.45) is 5.73 Å². The first-order valence-corrected chi connectivity index (χ1v) is 6.36. The number of carbonyl (C=O) groups excluding carboxylic acids is 1. The highest BCUT2D eigenvalue weighted by atomic mass is 35.5. The van der Waals surface area contributed by atoms with Gasteiger partial charge in [0.05, 0.1) is 0 Å². The van der Waals surface area contributed by atoms with Gasteiger partial charge >= 0.3 is 0 Å². The summed E-state index contributed by atoms with van der Waals surface area (Å²) >= 11 is 5.99. The molecule has 0 bridgehead atoms. The molecule has 1 heterocycles. The predicted molar refractivity (Wildman–Crippen MR) is 71.7 cm³/mol. The maximum Gasteiger partial charge on any atom is 0.223 e. The smallest absolute Gasteiger partial charge is 0.223 e. The van der Waals surface area contributed by atoms with Crippen molar-refractivity contribution in [3.8, 4) is 0 Å².